The van der Waals surface area contributed by atoms with Crippen LogP contribution < -0.4 is 4.74 Å². The molecule has 9 nitrogen and oxygen atoms in total. The first kappa shape index (κ1) is 18.8. The Morgan fingerprint density at radius 3 is 2.25 bits per heavy atom. The summed E-state index contributed by atoms with van der Waals surface area (Å²) in [6.07, 6.45) is -6.89. The highest BCUT2D eigenvalue weighted by Crippen LogP contribution is 2.53. The molecule has 0 spiro atoms. The summed E-state index contributed by atoms with van der Waals surface area (Å²) in [5.41, 5.74) is -1.40. The summed E-state index contributed by atoms with van der Waals surface area (Å²) < 4.78 is 11.0. The second kappa shape index (κ2) is 6.80. The first-order valence-corrected chi connectivity index (χ1v) is 8.72. The predicted molar refractivity (Wildman–Crippen MR) is 94.5 cm³/mol. The fourth-order valence-electron chi connectivity index (χ4n) is 3.97. The van der Waals surface area contributed by atoms with Crippen LogP contribution >= 0.6 is 0 Å². The number of aliphatic hydroxyl groups excluding tert-OH is 3. The standard InChI is InChI=1S/C19H19NO8/c21-14-13(10-4-2-1-3-5-10)19(24)16(23)15(22)18(28-17(14)19)27-12-8-6-11(7-9-12)20(25)26/h1-9,13-18,21-24H/t13-,14+,15-,16-,17-,18-,19+/m1/s1. The molecule has 1 saturated heterocycles. The number of aliphatic hydroxyl groups is 4. The van der Waals surface area contributed by atoms with Crippen molar-refractivity contribution in [3.05, 3.63) is 70.3 Å². The van der Waals surface area contributed by atoms with Gasteiger partial charge in [0.2, 0.25) is 6.29 Å². The Bertz CT molecular complexity index is 856. The number of non-ortho nitro benzene ring substituents is 1. The molecule has 0 aromatic heterocycles. The molecule has 1 aliphatic carbocycles. The number of fused-ring (bicyclic) bond motifs is 1. The largest absolute Gasteiger partial charge is 0.462 e. The molecule has 0 amide bonds. The third-order valence-electron chi connectivity index (χ3n) is 5.42. The van der Waals surface area contributed by atoms with E-state index in [-0.39, 0.29) is 11.4 Å². The molecule has 0 bridgehead atoms. The van der Waals surface area contributed by atoms with E-state index >= 15 is 0 Å². The number of nitro benzene ring substituents is 1. The molecular formula is C19H19NO8. The van der Waals surface area contributed by atoms with Crippen LogP contribution in [0.25, 0.3) is 0 Å². The van der Waals surface area contributed by atoms with Crippen molar-refractivity contribution in [2.24, 2.45) is 0 Å². The van der Waals surface area contributed by atoms with E-state index in [2.05, 4.69) is 0 Å². The zero-order valence-corrected chi connectivity index (χ0v) is 14.5. The molecule has 1 heterocycles. The Morgan fingerprint density at radius 2 is 1.64 bits per heavy atom. The second-order valence-corrected chi connectivity index (χ2v) is 7.00. The van der Waals surface area contributed by atoms with Crippen molar-refractivity contribution in [3.8, 4) is 5.75 Å². The topological polar surface area (TPSA) is 143 Å². The lowest BCUT2D eigenvalue weighted by Crippen LogP contribution is -2.80. The van der Waals surface area contributed by atoms with Gasteiger partial charge >= 0.3 is 0 Å². The lowest BCUT2D eigenvalue weighted by molar-refractivity contribution is -0.385. The summed E-state index contributed by atoms with van der Waals surface area (Å²) in [4.78, 5) is 10.2. The van der Waals surface area contributed by atoms with E-state index in [4.69, 9.17) is 9.47 Å². The van der Waals surface area contributed by atoms with Crippen molar-refractivity contribution in [1.82, 2.24) is 0 Å². The van der Waals surface area contributed by atoms with Crippen molar-refractivity contribution < 1.29 is 34.8 Å². The van der Waals surface area contributed by atoms with Crippen LogP contribution in [0.15, 0.2) is 54.6 Å². The maximum Gasteiger partial charge on any atom is 0.269 e. The molecule has 9 heteroatoms. The van der Waals surface area contributed by atoms with Crippen LogP contribution in [-0.2, 0) is 4.74 Å². The van der Waals surface area contributed by atoms with Gasteiger partial charge in [-0.05, 0) is 17.7 Å². The minimum Gasteiger partial charge on any atom is -0.462 e. The number of rotatable bonds is 4. The number of ether oxygens (including phenoxy) is 2. The zero-order valence-electron chi connectivity index (χ0n) is 14.5. The Labute approximate surface area is 159 Å². The third kappa shape index (κ3) is 2.76. The van der Waals surface area contributed by atoms with Gasteiger partial charge in [0, 0.05) is 18.1 Å². The number of hydrogen-bond donors (Lipinski definition) is 4. The minimum absolute atomic E-state index is 0.132. The van der Waals surface area contributed by atoms with Gasteiger partial charge in [-0.3, -0.25) is 10.1 Å². The minimum atomic E-state index is -1.88. The van der Waals surface area contributed by atoms with Crippen LogP contribution in [0.1, 0.15) is 11.5 Å². The van der Waals surface area contributed by atoms with Crippen LogP contribution in [0.4, 0.5) is 5.69 Å². The second-order valence-electron chi connectivity index (χ2n) is 7.00. The van der Waals surface area contributed by atoms with Crippen molar-refractivity contribution in [3.63, 3.8) is 0 Å². The summed E-state index contributed by atoms with van der Waals surface area (Å²) in [5, 5.41) is 53.2. The Morgan fingerprint density at radius 1 is 1.00 bits per heavy atom. The van der Waals surface area contributed by atoms with E-state index in [1.807, 2.05) is 0 Å². The highest BCUT2D eigenvalue weighted by atomic mass is 16.7. The first-order valence-electron chi connectivity index (χ1n) is 8.72. The van der Waals surface area contributed by atoms with Gasteiger partial charge in [0.1, 0.15) is 29.7 Å². The molecule has 0 unspecified atom stereocenters. The van der Waals surface area contributed by atoms with Crippen LogP contribution in [0, 0.1) is 10.1 Å². The van der Waals surface area contributed by atoms with Crippen molar-refractivity contribution in [1.29, 1.82) is 0 Å². The van der Waals surface area contributed by atoms with E-state index in [0.717, 1.165) is 0 Å². The Hall–Kier alpha value is -2.56. The molecule has 7 atom stereocenters. The molecule has 1 aliphatic heterocycles. The van der Waals surface area contributed by atoms with E-state index in [0.29, 0.717) is 5.56 Å². The molecule has 2 aliphatic rings. The summed E-state index contributed by atoms with van der Waals surface area (Å²) in [7, 11) is 0. The molecule has 1 saturated carbocycles. The maximum absolute atomic E-state index is 11.0. The van der Waals surface area contributed by atoms with Gasteiger partial charge in [-0.25, -0.2) is 0 Å². The van der Waals surface area contributed by atoms with Gasteiger partial charge in [-0.15, -0.1) is 0 Å². The Balaban J connectivity index is 1.54. The van der Waals surface area contributed by atoms with Gasteiger partial charge in [0.15, 0.2) is 0 Å². The molecule has 4 N–H and O–H groups in total. The molecule has 4 rings (SSSR count). The fraction of sp³-hybridized carbons (Fsp3) is 0.368. The summed E-state index contributed by atoms with van der Waals surface area (Å²) in [5.74, 6) is -0.663. The normalized spacial score (nSPS) is 36.9. The van der Waals surface area contributed by atoms with Crippen LogP contribution in [0.5, 0.6) is 5.75 Å². The van der Waals surface area contributed by atoms with Gasteiger partial charge < -0.3 is 29.9 Å². The highest BCUT2D eigenvalue weighted by Gasteiger charge is 2.71. The van der Waals surface area contributed by atoms with Gasteiger partial charge in [-0.1, -0.05) is 30.3 Å². The SMILES string of the molecule is O=[N+]([O-])c1ccc(O[C@@H]2O[C@@H]3[C@@H](O)[C@@H](c4ccccc4)[C@]3(O)[C@H](O)[C@H]2O)cc1. The molecular weight excluding hydrogens is 370 g/mol. The zero-order chi connectivity index (χ0) is 20.1. The molecule has 2 aromatic carbocycles. The number of hydrogen-bond acceptors (Lipinski definition) is 8. The lowest BCUT2D eigenvalue weighted by Gasteiger charge is -2.61. The molecule has 2 aromatic rings. The average Bonchev–Trinajstić information content (AvgIpc) is 2.70. The van der Waals surface area contributed by atoms with Crippen molar-refractivity contribution in [2.45, 2.75) is 42.2 Å². The monoisotopic (exact) mass is 389 g/mol. The van der Waals surface area contributed by atoms with Crippen LogP contribution in [0.2, 0.25) is 0 Å². The lowest BCUT2D eigenvalue weighted by atomic mass is 9.57. The maximum atomic E-state index is 11.0. The van der Waals surface area contributed by atoms with Gasteiger partial charge in [0.05, 0.1) is 11.0 Å². The smallest absolute Gasteiger partial charge is 0.269 e. The summed E-state index contributed by atoms with van der Waals surface area (Å²) in [6.45, 7) is 0. The number of nitrogens with zero attached hydrogens (tertiary/aromatic N) is 1. The van der Waals surface area contributed by atoms with Crippen molar-refractivity contribution >= 4 is 5.69 Å². The Kier molecular flexibility index (Phi) is 4.56. The van der Waals surface area contributed by atoms with Gasteiger partial charge in [-0.2, -0.15) is 0 Å². The molecule has 28 heavy (non-hydrogen) atoms. The molecule has 0 radical (unpaired) electrons. The predicted octanol–water partition coefficient (Wildman–Crippen LogP) is 0.310. The van der Waals surface area contributed by atoms with E-state index in [1.54, 1.807) is 30.3 Å². The van der Waals surface area contributed by atoms with E-state index in [9.17, 15) is 30.5 Å². The number of nitro groups is 1. The summed E-state index contributed by atoms with van der Waals surface area (Å²) >= 11 is 0. The van der Waals surface area contributed by atoms with Crippen molar-refractivity contribution in [2.75, 3.05) is 0 Å². The van der Waals surface area contributed by atoms with Crippen LogP contribution in [0.3, 0.4) is 0 Å². The molecule has 148 valence electrons. The van der Waals surface area contributed by atoms with E-state index < -0.39 is 47.1 Å². The quantitative estimate of drug-likeness (QED) is 0.432. The average molecular weight is 389 g/mol. The van der Waals surface area contributed by atoms with E-state index in [1.165, 1.54) is 24.3 Å². The highest BCUT2D eigenvalue weighted by molar-refractivity contribution is 5.37. The fourth-order valence-corrected chi connectivity index (χ4v) is 3.97. The first-order chi connectivity index (χ1) is 13.3. The van der Waals surface area contributed by atoms with Gasteiger partial charge in [0.25, 0.3) is 5.69 Å². The molecule has 2 fully saturated rings. The van der Waals surface area contributed by atoms with Crippen LogP contribution in [-0.4, -0.2) is 61.7 Å². The third-order valence-corrected chi connectivity index (χ3v) is 5.42. The summed E-state index contributed by atoms with van der Waals surface area (Å²) in [6, 6.07) is 13.8. The number of benzene rings is 2.